The number of nitrogens with one attached hydrogen (secondary N) is 3. The second-order valence-electron chi connectivity index (χ2n) is 6.58. The number of pyridine rings is 1. The van der Waals surface area contributed by atoms with Crippen LogP contribution in [0, 0.1) is 5.82 Å². The number of amides is 1. The number of nitrogens with zero attached hydrogens (tertiary/aromatic N) is 3. The Hall–Kier alpha value is -3.69. The standard InChI is InChI=1S/C21H18ClFN6O2/c1-29-19-14(23)7-5-9-16(19)26-21(29)27-18-10-17(13(22)11-24-18)25-15-8-4-3-6-12(15)20(30)28-31-2/h3-11H,1-2H3,(H,28,30)(H2,24,25,26,27). The summed E-state index contributed by atoms with van der Waals surface area (Å²) in [5.41, 5.74) is 4.62. The molecule has 4 rings (SSSR count). The van der Waals surface area contributed by atoms with Crippen molar-refractivity contribution in [3.63, 3.8) is 0 Å². The van der Waals surface area contributed by atoms with Crippen LogP contribution in [0.2, 0.25) is 5.02 Å². The number of aromatic nitrogens is 3. The minimum atomic E-state index is -0.407. The normalized spacial score (nSPS) is 10.8. The van der Waals surface area contributed by atoms with Crippen molar-refractivity contribution >= 4 is 51.7 Å². The molecule has 10 heteroatoms. The Morgan fingerprint density at radius 2 is 1.94 bits per heavy atom. The van der Waals surface area contributed by atoms with Crippen molar-refractivity contribution in [2.75, 3.05) is 17.7 Å². The van der Waals surface area contributed by atoms with E-state index >= 15 is 0 Å². The highest BCUT2D eigenvalue weighted by Crippen LogP contribution is 2.30. The lowest BCUT2D eigenvalue weighted by atomic mass is 10.1. The van der Waals surface area contributed by atoms with E-state index in [1.54, 1.807) is 54.1 Å². The summed E-state index contributed by atoms with van der Waals surface area (Å²) in [7, 11) is 3.07. The molecule has 0 aliphatic heterocycles. The molecule has 0 bridgehead atoms. The molecule has 0 aliphatic rings. The third-order valence-electron chi connectivity index (χ3n) is 4.58. The Balaban J connectivity index is 1.64. The van der Waals surface area contributed by atoms with Crippen LogP contribution in [0.5, 0.6) is 0 Å². The first kappa shape index (κ1) is 20.6. The number of carbonyl (C=O) groups is 1. The van der Waals surface area contributed by atoms with E-state index in [-0.39, 0.29) is 5.82 Å². The molecule has 0 saturated carbocycles. The largest absolute Gasteiger partial charge is 0.353 e. The topological polar surface area (TPSA) is 93.1 Å². The van der Waals surface area contributed by atoms with E-state index < -0.39 is 5.91 Å². The van der Waals surface area contributed by atoms with Gasteiger partial charge in [0.1, 0.15) is 17.2 Å². The summed E-state index contributed by atoms with van der Waals surface area (Å²) >= 11 is 6.31. The molecule has 0 unspecified atom stereocenters. The molecule has 0 spiro atoms. The van der Waals surface area contributed by atoms with Crippen LogP contribution in [0.1, 0.15) is 10.4 Å². The van der Waals surface area contributed by atoms with Crippen LogP contribution in [0.3, 0.4) is 0 Å². The Bertz CT molecular complexity index is 1280. The minimum Gasteiger partial charge on any atom is -0.353 e. The number of aryl methyl sites for hydroxylation is 1. The molecule has 0 aliphatic carbocycles. The molecular weight excluding hydrogens is 423 g/mol. The number of hydroxylamine groups is 1. The van der Waals surface area contributed by atoms with Gasteiger partial charge in [0, 0.05) is 13.1 Å². The zero-order valence-electron chi connectivity index (χ0n) is 16.6. The first-order chi connectivity index (χ1) is 15.0. The molecule has 1 amide bonds. The van der Waals surface area contributed by atoms with Gasteiger partial charge in [-0.05, 0) is 24.3 Å². The van der Waals surface area contributed by atoms with E-state index in [4.69, 9.17) is 16.4 Å². The molecule has 0 atom stereocenters. The molecule has 0 fully saturated rings. The van der Waals surface area contributed by atoms with Crippen molar-refractivity contribution in [1.29, 1.82) is 0 Å². The van der Waals surface area contributed by atoms with Crippen LogP contribution in [-0.4, -0.2) is 27.6 Å². The molecule has 0 radical (unpaired) electrons. The van der Waals surface area contributed by atoms with Crippen molar-refractivity contribution in [3.05, 3.63) is 71.1 Å². The lowest BCUT2D eigenvalue weighted by Gasteiger charge is -2.14. The number of benzene rings is 2. The summed E-state index contributed by atoms with van der Waals surface area (Å²) in [6.45, 7) is 0. The van der Waals surface area contributed by atoms with E-state index in [1.165, 1.54) is 19.4 Å². The van der Waals surface area contributed by atoms with E-state index in [9.17, 15) is 9.18 Å². The van der Waals surface area contributed by atoms with E-state index in [2.05, 4.69) is 26.1 Å². The Morgan fingerprint density at radius 1 is 1.13 bits per heavy atom. The molecule has 31 heavy (non-hydrogen) atoms. The highest BCUT2D eigenvalue weighted by Gasteiger charge is 2.15. The van der Waals surface area contributed by atoms with Gasteiger partial charge < -0.3 is 15.2 Å². The number of fused-ring (bicyclic) bond motifs is 1. The van der Waals surface area contributed by atoms with Gasteiger partial charge in [0.05, 0.1) is 40.8 Å². The SMILES string of the molecule is CONC(=O)c1ccccc1Nc1cc(Nc2nc3cccc(F)c3n2C)ncc1Cl. The number of anilines is 4. The number of carbonyl (C=O) groups excluding carboxylic acids is 1. The lowest BCUT2D eigenvalue weighted by Crippen LogP contribution is -2.22. The fraction of sp³-hybridized carbons (Fsp3) is 0.0952. The highest BCUT2D eigenvalue weighted by molar-refractivity contribution is 6.33. The summed E-state index contributed by atoms with van der Waals surface area (Å²) in [5.74, 6) is 0.0825. The number of para-hydroxylation sites is 2. The number of hydrogen-bond acceptors (Lipinski definition) is 6. The van der Waals surface area contributed by atoms with E-state index in [1.807, 2.05) is 0 Å². The number of rotatable bonds is 6. The average Bonchev–Trinajstić information content (AvgIpc) is 3.07. The summed E-state index contributed by atoms with van der Waals surface area (Å²) in [6, 6.07) is 13.3. The van der Waals surface area contributed by atoms with Crippen LogP contribution < -0.4 is 16.1 Å². The fourth-order valence-electron chi connectivity index (χ4n) is 3.13. The van der Waals surface area contributed by atoms with E-state index in [0.29, 0.717) is 44.8 Å². The van der Waals surface area contributed by atoms with Crippen LogP contribution >= 0.6 is 11.6 Å². The maximum Gasteiger partial charge on any atom is 0.276 e. The van der Waals surface area contributed by atoms with Gasteiger partial charge in [-0.25, -0.2) is 19.8 Å². The smallest absolute Gasteiger partial charge is 0.276 e. The second-order valence-corrected chi connectivity index (χ2v) is 6.99. The van der Waals surface area contributed by atoms with Gasteiger partial charge in [0.25, 0.3) is 5.91 Å². The monoisotopic (exact) mass is 440 g/mol. The summed E-state index contributed by atoms with van der Waals surface area (Å²) in [6.07, 6.45) is 1.47. The van der Waals surface area contributed by atoms with Gasteiger partial charge >= 0.3 is 0 Å². The second kappa shape index (κ2) is 8.58. The van der Waals surface area contributed by atoms with Crippen LogP contribution in [-0.2, 0) is 11.9 Å². The van der Waals surface area contributed by atoms with Gasteiger partial charge in [-0.2, -0.15) is 0 Å². The number of halogens is 2. The molecule has 3 N–H and O–H groups in total. The van der Waals surface area contributed by atoms with Gasteiger partial charge in [-0.1, -0.05) is 29.8 Å². The molecule has 8 nitrogen and oxygen atoms in total. The number of imidazole rings is 1. The fourth-order valence-corrected chi connectivity index (χ4v) is 3.28. The first-order valence-electron chi connectivity index (χ1n) is 9.21. The third-order valence-corrected chi connectivity index (χ3v) is 4.88. The molecule has 2 aromatic carbocycles. The van der Waals surface area contributed by atoms with Crippen molar-refractivity contribution in [2.45, 2.75) is 0 Å². The van der Waals surface area contributed by atoms with Gasteiger partial charge in [0.15, 0.2) is 0 Å². The zero-order valence-corrected chi connectivity index (χ0v) is 17.4. The van der Waals surface area contributed by atoms with Gasteiger partial charge in [-0.3, -0.25) is 9.63 Å². The highest BCUT2D eigenvalue weighted by atomic mass is 35.5. The Kier molecular flexibility index (Phi) is 5.70. The lowest BCUT2D eigenvalue weighted by molar-refractivity contribution is 0.0538. The minimum absolute atomic E-state index is 0.351. The van der Waals surface area contributed by atoms with Gasteiger partial charge in [0.2, 0.25) is 5.95 Å². The van der Waals surface area contributed by atoms with Crippen LogP contribution in [0.25, 0.3) is 11.0 Å². The molecule has 4 aromatic rings. The van der Waals surface area contributed by atoms with Crippen molar-refractivity contribution in [3.8, 4) is 0 Å². The maximum atomic E-state index is 14.1. The predicted octanol–water partition coefficient (Wildman–Crippen LogP) is 4.54. The summed E-state index contributed by atoms with van der Waals surface area (Å²) in [4.78, 5) is 25.6. The van der Waals surface area contributed by atoms with Gasteiger partial charge in [-0.15, -0.1) is 0 Å². The third kappa shape index (κ3) is 4.14. The van der Waals surface area contributed by atoms with Crippen molar-refractivity contribution in [1.82, 2.24) is 20.0 Å². The predicted molar refractivity (Wildman–Crippen MR) is 117 cm³/mol. The molecule has 0 saturated heterocycles. The average molecular weight is 441 g/mol. The summed E-state index contributed by atoms with van der Waals surface area (Å²) in [5, 5.41) is 6.57. The molecule has 2 aromatic heterocycles. The van der Waals surface area contributed by atoms with E-state index in [0.717, 1.165) is 0 Å². The van der Waals surface area contributed by atoms with Crippen molar-refractivity contribution < 1.29 is 14.0 Å². The number of hydrogen-bond donors (Lipinski definition) is 3. The summed E-state index contributed by atoms with van der Waals surface area (Å²) < 4.78 is 15.8. The molecule has 2 heterocycles. The maximum absolute atomic E-state index is 14.1. The Labute approximate surface area is 182 Å². The Morgan fingerprint density at radius 3 is 2.71 bits per heavy atom. The molecular formula is C21H18ClFN6O2. The van der Waals surface area contributed by atoms with Crippen LogP contribution in [0.4, 0.5) is 27.5 Å². The van der Waals surface area contributed by atoms with Crippen molar-refractivity contribution in [2.24, 2.45) is 7.05 Å². The zero-order chi connectivity index (χ0) is 22.0. The van der Waals surface area contributed by atoms with Crippen LogP contribution in [0.15, 0.2) is 54.7 Å². The first-order valence-corrected chi connectivity index (χ1v) is 9.58. The molecule has 158 valence electrons. The quantitative estimate of drug-likeness (QED) is 0.381.